The Bertz CT molecular complexity index is 958. The summed E-state index contributed by atoms with van der Waals surface area (Å²) in [5, 5.41) is 0. The zero-order chi connectivity index (χ0) is 22.3. The Kier molecular flexibility index (Phi) is 7.79. The molecule has 2 aromatic carbocycles. The molecule has 2 aromatic rings. The molecular formula is C23H31N3O4S. The number of amides is 1. The fraction of sp³-hybridized carbons (Fsp3) is 0.435. The van der Waals surface area contributed by atoms with Gasteiger partial charge in [-0.1, -0.05) is 30.3 Å². The molecule has 1 saturated heterocycles. The molecule has 168 valence electrons. The van der Waals surface area contributed by atoms with Crippen molar-refractivity contribution in [3.63, 3.8) is 0 Å². The van der Waals surface area contributed by atoms with E-state index in [2.05, 4.69) is 17.0 Å². The van der Waals surface area contributed by atoms with Crippen LogP contribution >= 0.6 is 0 Å². The monoisotopic (exact) mass is 445 g/mol. The van der Waals surface area contributed by atoms with E-state index < -0.39 is 10.0 Å². The van der Waals surface area contributed by atoms with Crippen LogP contribution in [0.15, 0.2) is 54.6 Å². The molecule has 0 unspecified atom stereocenters. The number of nitrogens with zero attached hydrogens (tertiary/aromatic N) is 3. The summed E-state index contributed by atoms with van der Waals surface area (Å²) in [7, 11) is -3.50. The largest absolute Gasteiger partial charge is 0.492 e. The molecule has 1 aliphatic rings. The highest BCUT2D eigenvalue weighted by molar-refractivity contribution is 7.92. The van der Waals surface area contributed by atoms with Crippen molar-refractivity contribution in [1.29, 1.82) is 0 Å². The van der Waals surface area contributed by atoms with E-state index in [1.54, 1.807) is 18.2 Å². The number of anilines is 2. The summed E-state index contributed by atoms with van der Waals surface area (Å²) < 4.78 is 31.7. The zero-order valence-electron chi connectivity index (χ0n) is 18.2. The van der Waals surface area contributed by atoms with E-state index in [0.29, 0.717) is 44.0 Å². The first-order valence-electron chi connectivity index (χ1n) is 10.7. The van der Waals surface area contributed by atoms with Gasteiger partial charge in [0.25, 0.3) is 0 Å². The molecule has 31 heavy (non-hydrogen) atoms. The number of carbonyl (C=O) groups excluding carboxylic acids is 1. The van der Waals surface area contributed by atoms with E-state index in [0.717, 1.165) is 13.1 Å². The van der Waals surface area contributed by atoms with Crippen molar-refractivity contribution in [2.45, 2.75) is 19.8 Å². The molecule has 8 heteroatoms. The highest BCUT2D eigenvalue weighted by Gasteiger charge is 2.24. The van der Waals surface area contributed by atoms with Crippen molar-refractivity contribution >= 4 is 27.3 Å². The smallest absolute Gasteiger partial charge is 0.232 e. The van der Waals surface area contributed by atoms with Gasteiger partial charge >= 0.3 is 0 Å². The number of piperazine rings is 1. The minimum atomic E-state index is -3.50. The number of rotatable bonds is 9. The first-order chi connectivity index (χ1) is 14.9. The van der Waals surface area contributed by atoms with Crippen molar-refractivity contribution in [3.8, 4) is 5.75 Å². The normalized spacial score (nSPS) is 14.4. The molecule has 1 heterocycles. The van der Waals surface area contributed by atoms with Crippen molar-refractivity contribution in [3.05, 3.63) is 54.6 Å². The Balaban J connectivity index is 1.55. The number of hydrogen-bond acceptors (Lipinski definition) is 5. The van der Waals surface area contributed by atoms with Crippen molar-refractivity contribution in [2.24, 2.45) is 0 Å². The van der Waals surface area contributed by atoms with Crippen LogP contribution in [0.25, 0.3) is 0 Å². The van der Waals surface area contributed by atoms with E-state index >= 15 is 0 Å². The summed E-state index contributed by atoms with van der Waals surface area (Å²) in [6.07, 6.45) is 1.94. The number of benzene rings is 2. The molecule has 7 nitrogen and oxygen atoms in total. The summed E-state index contributed by atoms with van der Waals surface area (Å²) in [5.74, 6) is 0.595. The van der Waals surface area contributed by atoms with Crippen molar-refractivity contribution in [1.82, 2.24) is 4.90 Å². The number of ether oxygens (including phenoxy) is 1. The Morgan fingerprint density at radius 2 is 1.65 bits per heavy atom. The highest BCUT2D eigenvalue weighted by atomic mass is 32.2. The lowest BCUT2D eigenvalue weighted by Crippen LogP contribution is -2.48. The zero-order valence-corrected chi connectivity index (χ0v) is 19.1. The third kappa shape index (κ3) is 6.13. The molecule has 3 rings (SSSR count). The molecule has 0 N–H and O–H groups in total. The molecule has 0 saturated carbocycles. The van der Waals surface area contributed by atoms with Gasteiger partial charge in [0.2, 0.25) is 15.9 Å². The van der Waals surface area contributed by atoms with Gasteiger partial charge in [-0.05, 0) is 37.6 Å². The summed E-state index contributed by atoms with van der Waals surface area (Å²) in [5.41, 5.74) is 1.68. The Morgan fingerprint density at radius 1 is 1.00 bits per heavy atom. The quantitative estimate of drug-likeness (QED) is 0.594. The maximum Gasteiger partial charge on any atom is 0.232 e. The van der Waals surface area contributed by atoms with Gasteiger partial charge in [0, 0.05) is 44.8 Å². The topological polar surface area (TPSA) is 70.2 Å². The number of carbonyl (C=O) groups is 1. The Hall–Kier alpha value is -2.74. The third-order valence-corrected chi connectivity index (χ3v) is 6.52. The van der Waals surface area contributed by atoms with E-state index in [1.807, 2.05) is 36.1 Å². The molecule has 1 fully saturated rings. The Morgan fingerprint density at radius 3 is 2.29 bits per heavy atom. The predicted molar refractivity (Wildman–Crippen MR) is 124 cm³/mol. The van der Waals surface area contributed by atoms with Gasteiger partial charge in [0.15, 0.2) is 0 Å². The van der Waals surface area contributed by atoms with Crippen LogP contribution in [-0.2, 0) is 14.8 Å². The lowest BCUT2D eigenvalue weighted by molar-refractivity contribution is -0.131. The highest BCUT2D eigenvalue weighted by Crippen LogP contribution is 2.30. The van der Waals surface area contributed by atoms with E-state index in [1.165, 1.54) is 16.2 Å². The second-order valence-electron chi connectivity index (χ2n) is 7.54. The summed E-state index contributed by atoms with van der Waals surface area (Å²) >= 11 is 0. The van der Waals surface area contributed by atoms with Gasteiger partial charge in [-0.3, -0.25) is 9.10 Å². The minimum absolute atomic E-state index is 0.0688. The van der Waals surface area contributed by atoms with E-state index in [4.69, 9.17) is 4.74 Å². The third-order valence-electron chi connectivity index (χ3n) is 5.34. The van der Waals surface area contributed by atoms with Crippen LogP contribution in [0.4, 0.5) is 11.4 Å². The molecule has 0 spiro atoms. The maximum absolute atomic E-state index is 12.7. The fourth-order valence-corrected chi connectivity index (χ4v) is 4.76. The number of sulfonamides is 1. The van der Waals surface area contributed by atoms with Gasteiger partial charge in [-0.15, -0.1) is 0 Å². The average Bonchev–Trinajstić information content (AvgIpc) is 2.77. The van der Waals surface area contributed by atoms with Crippen LogP contribution in [0.2, 0.25) is 0 Å². The molecule has 0 atom stereocenters. The maximum atomic E-state index is 12.7. The molecule has 0 radical (unpaired) electrons. The fourth-order valence-electron chi connectivity index (χ4n) is 3.79. The van der Waals surface area contributed by atoms with Crippen LogP contribution in [0.1, 0.15) is 19.8 Å². The van der Waals surface area contributed by atoms with Gasteiger partial charge in [0.05, 0.1) is 18.6 Å². The minimum Gasteiger partial charge on any atom is -0.492 e. The lowest BCUT2D eigenvalue weighted by atomic mass is 10.2. The average molecular weight is 446 g/mol. The van der Waals surface area contributed by atoms with Crippen molar-refractivity contribution in [2.75, 3.05) is 54.8 Å². The van der Waals surface area contributed by atoms with Crippen molar-refractivity contribution < 1.29 is 17.9 Å². The summed E-state index contributed by atoms with van der Waals surface area (Å²) in [4.78, 5) is 16.8. The molecule has 0 aromatic heterocycles. The van der Waals surface area contributed by atoms with Gasteiger partial charge < -0.3 is 14.5 Å². The molecule has 1 amide bonds. The summed E-state index contributed by atoms with van der Waals surface area (Å²) in [6, 6.07) is 17.3. The van der Waals surface area contributed by atoms with E-state index in [9.17, 15) is 13.2 Å². The lowest BCUT2D eigenvalue weighted by Gasteiger charge is -2.36. The second-order valence-corrected chi connectivity index (χ2v) is 9.45. The van der Waals surface area contributed by atoms with Crippen LogP contribution in [0.5, 0.6) is 5.75 Å². The predicted octanol–water partition coefficient (Wildman–Crippen LogP) is 2.98. The molecule has 0 bridgehead atoms. The first-order valence-corrected chi connectivity index (χ1v) is 12.5. The SMILES string of the molecule is CCOc1ccccc1N(CCCC(=O)N1CCN(c2ccccc2)CC1)S(C)(=O)=O. The van der Waals surface area contributed by atoms with Crippen LogP contribution in [-0.4, -0.2) is 64.8 Å². The summed E-state index contributed by atoms with van der Waals surface area (Å²) in [6.45, 7) is 5.49. The van der Waals surface area contributed by atoms with Gasteiger partial charge in [0.1, 0.15) is 5.75 Å². The van der Waals surface area contributed by atoms with Gasteiger partial charge in [-0.2, -0.15) is 0 Å². The first kappa shape index (κ1) is 22.9. The standard InChI is InChI=1S/C23H31N3O4S/c1-3-30-22-13-8-7-12-21(22)26(31(2,28)29)15-9-14-23(27)25-18-16-24(17-19-25)20-10-5-4-6-11-20/h4-8,10-13H,3,9,14-19H2,1-2H3. The van der Waals surface area contributed by atoms with Crippen LogP contribution in [0, 0.1) is 0 Å². The molecule has 1 aliphatic heterocycles. The second kappa shape index (κ2) is 10.5. The molecular weight excluding hydrogens is 414 g/mol. The molecule has 0 aliphatic carbocycles. The number of para-hydroxylation sites is 3. The van der Waals surface area contributed by atoms with Crippen LogP contribution < -0.4 is 13.9 Å². The number of hydrogen-bond donors (Lipinski definition) is 0. The van der Waals surface area contributed by atoms with E-state index in [-0.39, 0.29) is 12.5 Å². The van der Waals surface area contributed by atoms with Crippen LogP contribution in [0.3, 0.4) is 0 Å². The Labute approximate surface area is 185 Å². The van der Waals surface area contributed by atoms with Gasteiger partial charge in [-0.25, -0.2) is 8.42 Å².